The van der Waals surface area contributed by atoms with E-state index in [0.29, 0.717) is 19.8 Å². The lowest BCUT2D eigenvalue weighted by atomic mass is 10.1. The molecule has 0 aliphatic carbocycles. The largest absolute Gasteiger partial charge is 0.497 e. The molecule has 0 heterocycles. The Balaban J connectivity index is 2.17. The van der Waals surface area contributed by atoms with E-state index >= 15 is 0 Å². The third kappa shape index (κ3) is 7.51. The molecular weight excluding hydrogens is 268 g/mol. The van der Waals surface area contributed by atoms with Crippen LogP contribution in [0.4, 0.5) is 0 Å². The Morgan fingerprint density at radius 1 is 1.24 bits per heavy atom. The minimum Gasteiger partial charge on any atom is -0.497 e. The van der Waals surface area contributed by atoms with Gasteiger partial charge >= 0.3 is 5.97 Å². The first-order valence-corrected chi connectivity index (χ1v) is 7.20. The Hall–Kier alpha value is -1.81. The van der Waals surface area contributed by atoms with Crippen LogP contribution in [0.5, 0.6) is 5.75 Å². The minimum absolute atomic E-state index is 0.269. The Bertz CT molecular complexity index is 448. The molecule has 0 amide bonds. The molecule has 0 aromatic heterocycles. The SMILES string of the molecule is CCOC(=O)/C=C(/C)CCCOCc1ccc(OC)cc1. The van der Waals surface area contributed by atoms with Gasteiger partial charge in [0.2, 0.25) is 0 Å². The monoisotopic (exact) mass is 292 g/mol. The van der Waals surface area contributed by atoms with Crippen molar-refractivity contribution < 1.29 is 19.0 Å². The van der Waals surface area contributed by atoms with Gasteiger partial charge in [-0.3, -0.25) is 0 Å². The summed E-state index contributed by atoms with van der Waals surface area (Å²) >= 11 is 0. The number of hydrogen-bond donors (Lipinski definition) is 0. The summed E-state index contributed by atoms with van der Waals surface area (Å²) in [6, 6.07) is 7.82. The summed E-state index contributed by atoms with van der Waals surface area (Å²) in [4.78, 5) is 11.2. The lowest BCUT2D eigenvalue weighted by Crippen LogP contribution is -2.01. The van der Waals surface area contributed by atoms with E-state index in [1.165, 1.54) is 0 Å². The summed E-state index contributed by atoms with van der Waals surface area (Å²) in [6.45, 7) is 5.40. The highest BCUT2D eigenvalue weighted by molar-refractivity contribution is 5.82. The van der Waals surface area contributed by atoms with Crippen molar-refractivity contribution in [2.75, 3.05) is 20.3 Å². The summed E-state index contributed by atoms with van der Waals surface area (Å²) in [5, 5.41) is 0. The van der Waals surface area contributed by atoms with Crippen LogP contribution in [0.25, 0.3) is 0 Å². The van der Waals surface area contributed by atoms with E-state index in [1.54, 1.807) is 20.1 Å². The van der Waals surface area contributed by atoms with Gasteiger partial charge in [0, 0.05) is 12.7 Å². The Morgan fingerprint density at radius 3 is 2.57 bits per heavy atom. The predicted octanol–water partition coefficient (Wildman–Crippen LogP) is 3.50. The molecule has 0 atom stereocenters. The van der Waals surface area contributed by atoms with Crippen molar-refractivity contribution in [3.8, 4) is 5.75 Å². The zero-order valence-electron chi connectivity index (χ0n) is 13.1. The van der Waals surface area contributed by atoms with Crippen LogP contribution in [0.2, 0.25) is 0 Å². The average Bonchev–Trinajstić information content (AvgIpc) is 2.47. The smallest absolute Gasteiger partial charge is 0.330 e. The first kappa shape index (κ1) is 17.2. The Kier molecular flexibility index (Phi) is 8.21. The maximum atomic E-state index is 11.2. The maximum absolute atomic E-state index is 11.2. The van der Waals surface area contributed by atoms with Crippen LogP contribution < -0.4 is 4.74 Å². The minimum atomic E-state index is -0.269. The van der Waals surface area contributed by atoms with Gasteiger partial charge in [0.1, 0.15) is 5.75 Å². The number of esters is 1. The quantitative estimate of drug-likeness (QED) is 0.397. The molecule has 1 rings (SSSR count). The molecule has 1 aromatic rings. The number of methoxy groups -OCH3 is 1. The van der Waals surface area contributed by atoms with Crippen molar-refractivity contribution >= 4 is 5.97 Å². The highest BCUT2D eigenvalue weighted by Crippen LogP contribution is 2.12. The van der Waals surface area contributed by atoms with E-state index in [9.17, 15) is 4.79 Å². The molecule has 0 N–H and O–H groups in total. The van der Waals surface area contributed by atoms with Gasteiger partial charge < -0.3 is 14.2 Å². The van der Waals surface area contributed by atoms with Gasteiger partial charge in [0.15, 0.2) is 0 Å². The lowest BCUT2D eigenvalue weighted by molar-refractivity contribution is -0.137. The highest BCUT2D eigenvalue weighted by Gasteiger charge is 1.99. The fourth-order valence-corrected chi connectivity index (χ4v) is 1.82. The summed E-state index contributed by atoms with van der Waals surface area (Å²) in [7, 11) is 1.65. The van der Waals surface area contributed by atoms with Gasteiger partial charge in [-0.1, -0.05) is 17.7 Å². The normalized spacial score (nSPS) is 11.3. The molecule has 4 nitrogen and oxygen atoms in total. The molecule has 0 fully saturated rings. The molecule has 0 aliphatic rings. The summed E-state index contributed by atoms with van der Waals surface area (Å²) in [6.07, 6.45) is 3.27. The van der Waals surface area contributed by atoms with Gasteiger partial charge in [0.25, 0.3) is 0 Å². The zero-order chi connectivity index (χ0) is 15.5. The van der Waals surface area contributed by atoms with E-state index in [1.807, 2.05) is 31.2 Å². The summed E-state index contributed by atoms with van der Waals surface area (Å²) in [5.41, 5.74) is 2.14. The van der Waals surface area contributed by atoms with Gasteiger partial charge in [-0.25, -0.2) is 4.79 Å². The van der Waals surface area contributed by atoms with E-state index < -0.39 is 0 Å². The fourth-order valence-electron chi connectivity index (χ4n) is 1.82. The predicted molar refractivity (Wildman–Crippen MR) is 82.3 cm³/mol. The van der Waals surface area contributed by atoms with Gasteiger partial charge in [0.05, 0.1) is 20.3 Å². The van der Waals surface area contributed by atoms with E-state index in [4.69, 9.17) is 14.2 Å². The molecule has 0 saturated carbocycles. The molecule has 0 bridgehead atoms. The summed E-state index contributed by atoms with van der Waals surface area (Å²) < 4.78 is 15.6. The van der Waals surface area contributed by atoms with Crippen LogP contribution in [-0.4, -0.2) is 26.3 Å². The van der Waals surface area contributed by atoms with Crippen LogP contribution in [0.15, 0.2) is 35.9 Å². The van der Waals surface area contributed by atoms with Crippen molar-refractivity contribution in [3.05, 3.63) is 41.5 Å². The van der Waals surface area contributed by atoms with E-state index in [-0.39, 0.29) is 5.97 Å². The fraction of sp³-hybridized carbons (Fsp3) is 0.471. The average molecular weight is 292 g/mol. The van der Waals surface area contributed by atoms with Gasteiger partial charge in [-0.05, 0) is 44.4 Å². The maximum Gasteiger partial charge on any atom is 0.330 e. The Morgan fingerprint density at radius 2 is 1.95 bits per heavy atom. The third-order valence-electron chi connectivity index (χ3n) is 2.94. The molecule has 0 unspecified atom stereocenters. The van der Waals surface area contributed by atoms with Crippen molar-refractivity contribution in [2.24, 2.45) is 0 Å². The zero-order valence-corrected chi connectivity index (χ0v) is 13.1. The number of carbonyl (C=O) groups excluding carboxylic acids is 1. The molecule has 0 saturated heterocycles. The third-order valence-corrected chi connectivity index (χ3v) is 2.94. The molecule has 0 spiro atoms. The van der Waals surface area contributed by atoms with Crippen molar-refractivity contribution in [1.82, 2.24) is 0 Å². The first-order chi connectivity index (χ1) is 10.2. The molecule has 1 aromatic carbocycles. The standard InChI is InChI=1S/C17H24O4/c1-4-21-17(18)12-14(2)6-5-11-20-13-15-7-9-16(19-3)10-8-15/h7-10,12H,4-6,11,13H2,1-3H3/b14-12-. The number of carbonyl (C=O) groups is 1. The van der Waals surface area contributed by atoms with E-state index in [2.05, 4.69) is 0 Å². The Labute approximate surface area is 126 Å². The van der Waals surface area contributed by atoms with Crippen LogP contribution in [0.1, 0.15) is 32.3 Å². The second-order valence-electron chi connectivity index (χ2n) is 4.75. The van der Waals surface area contributed by atoms with Crippen LogP contribution in [-0.2, 0) is 20.9 Å². The number of hydrogen-bond acceptors (Lipinski definition) is 4. The van der Waals surface area contributed by atoms with Crippen LogP contribution in [0.3, 0.4) is 0 Å². The molecule has 4 heteroatoms. The summed E-state index contributed by atoms with van der Waals surface area (Å²) in [5.74, 6) is 0.577. The number of ether oxygens (including phenoxy) is 3. The lowest BCUT2D eigenvalue weighted by Gasteiger charge is -2.06. The highest BCUT2D eigenvalue weighted by atomic mass is 16.5. The number of benzene rings is 1. The molecule has 0 radical (unpaired) electrons. The van der Waals surface area contributed by atoms with Crippen molar-refractivity contribution in [2.45, 2.75) is 33.3 Å². The molecule has 116 valence electrons. The van der Waals surface area contributed by atoms with Crippen LogP contribution >= 0.6 is 0 Å². The molecular formula is C17H24O4. The van der Waals surface area contributed by atoms with Crippen molar-refractivity contribution in [1.29, 1.82) is 0 Å². The van der Waals surface area contributed by atoms with E-state index in [0.717, 1.165) is 29.7 Å². The second kappa shape index (κ2) is 10.00. The topological polar surface area (TPSA) is 44.8 Å². The number of allylic oxidation sites excluding steroid dienone is 1. The molecule has 0 aliphatic heterocycles. The van der Waals surface area contributed by atoms with Gasteiger partial charge in [-0.15, -0.1) is 0 Å². The first-order valence-electron chi connectivity index (χ1n) is 7.20. The molecule has 21 heavy (non-hydrogen) atoms. The second-order valence-corrected chi connectivity index (χ2v) is 4.75. The van der Waals surface area contributed by atoms with Crippen molar-refractivity contribution in [3.63, 3.8) is 0 Å². The van der Waals surface area contributed by atoms with Crippen LogP contribution in [0, 0.1) is 0 Å². The van der Waals surface area contributed by atoms with Gasteiger partial charge in [-0.2, -0.15) is 0 Å². The number of rotatable bonds is 9.